The second-order valence-corrected chi connectivity index (χ2v) is 9.37. The van der Waals surface area contributed by atoms with Gasteiger partial charge in [-0.2, -0.15) is 0 Å². The summed E-state index contributed by atoms with van der Waals surface area (Å²) >= 11 is 0. The number of carbonyl (C=O) groups excluding carboxylic acids is 1. The highest BCUT2D eigenvalue weighted by Crippen LogP contribution is 2.47. The quantitative estimate of drug-likeness (QED) is 0.737. The molecule has 1 atom stereocenters. The zero-order chi connectivity index (χ0) is 20.7. The smallest absolute Gasteiger partial charge is 0.337 e. The average molecular weight is 381 g/mol. The number of methoxy groups -OCH3 is 1. The van der Waals surface area contributed by atoms with Crippen LogP contribution in [0.15, 0.2) is 36.4 Å². The molecule has 3 nitrogen and oxygen atoms in total. The van der Waals surface area contributed by atoms with Crippen molar-refractivity contribution in [3.05, 3.63) is 69.8 Å². The van der Waals surface area contributed by atoms with Crippen molar-refractivity contribution in [2.75, 3.05) is 13.7 Å². The number of aliphatic hydroxyl groups is 1. The van der Waals surface area contributed by atoms with Gasteiger partial charge in [-0.05, 0) is 70.5 Å². The van der Waals surface area contributed by atoms with Gasteiger partial charge in [-0.15, -0.1) is 0 Å². The predicted octanol–water partition coefficient (Wildman–Crippen LogP) is 5.25. The zero-order valence-electron chi connectivity index (χ0n) is 17.9. The van der Waals surface area contributed by atoms with E-state index in [1.807, 2.05) is 12.1 Å². The molecular formula is C25H32O3. The molecule has 0 heterocycles. The first-order valence-electron chi connectivity index (χ1n) is 10.1. The molecule has 1 unspecified atom stereocenters. The minimum absolute atomic E-state index is 0.0288. The number of carbonyl (C=O) groups is 1. The first-order chi connectivity index (χ1) is 13.1. The lowest BCUT2D eigenvalue weighted by Gasteiger charge is -2.42. The Morgan fingerprint density at radius 2 is 1.57 bits per heavy atom. The van der Waals surface area contributed by atoms with Crippen LogP contribution in [-0.4, -0.2) is 24.8 Å². The molecule has 1 N–H and O–H groups in total. The Kier molecular flexibility index (Phi) is 5.42. The first kappa shape index (κ1) is 20.6. The summed E-state index contributed by atoms with van der Waals surface area (Å²) in [5, 5.41) is 10.2. The minimum atomic E-state index is -0.346. The fourth-order valence-corrected chi connectivity index (χ4v) is 4.47. The van der Waals surface area contributed by atoms with Crippen molar-refractivity contribution in [2.45, 2.75) is 64.2 Å². The normalized spacial score (nSPS) is 18.2. The van der Waals surface area contributed by atoms with Crippen LogP contribution in [0.1, 0.15) is 84.6 Å². The van der Waals surface area contributed by atoms with E-state index in [9.17, 15) is 9.90 Å². The summed E-state index contributed by atoms with van der Waals surface area (Å²) in [7, 11) is 1.38. The average Bonchev–Trinajstić information content (AvgIpc) is 2.67. The molecule has 0 aromatic heterocycles. The molecule has 150 valence electrons. The molecule has 0 bridgehead atoms. The molecule has 0 spiro atoms. The van der Waals surface area contributed by atoms with Gasteiger partial charge in [-0.3, -0.25) is 0 Å². The Balaban J connectivity index is 2.08. The lowest BCUT2D eigenvalue weighted by Crippen LogP contribution is -2.34. The van der Waals surface area contributed by atoms with E-state index in [0.29, 0.717) is 5.56 Å². The summed E-state index contributed by atoms with van der Waals surface area (Å²) in [5.41, 5.74) is 7.03. The van der Waals surface area contributed by atoms with Crippen molar-refractivity contribution in [3.8, 4) is 0 Å². The third kappa shape index (κ3) is 3.60. The van der Waals surface area contributed by atoms with Gasteiger partial charge in [0.2, 0.25) is 0 Å². The Bertz CT molecular complexity index is 875. The molecule has 0 radical (unpaired) electrons. The van der Waals surface area contributed by atoms with Gasteiger partial charge in [0.1, 0.15) is 0 Å². The van der Waals surface area contributed by atoms with Crippen LogP contribution in [0.2, 0.25) is 0 Å². The maximum Gasteiger partial charge on any atom is 0.337 e. The van der Waals surface area contributed by atoms with Crippen LogP contribution < -0.4 is 0 Å². The van der Waals surface area contributed by atoms with E-state index in [1.54, 1.807) is 12.1 Å². The topological polar surface area (TPSA) is 46.5 Å². The summed E-state index contributed by atoms with van der Waals surface area (Å²) in [6.45, 7) is 11.5. The lowest BCUT2D eigenvalue weighted by molar-refractivity contribution is 0.0600. The summed E-state index contributed by atoms with van der Waals surface area (Å²) in [4.78, 5) is 11.7. The number of hydrogen-bond donors (Lipinski definition) is 1. The fraction of sp³-hybridized carbons (Fsp3) is 0.480. The Labute approximate surface area is 168 Å². The Hall–Kier alpha value is -2.13. The maximum atomic E-state index is 11.7. The van der Waals surface area contributed by atoms with Gasteiger partial charge in [-0.1, -0.05) is 52.0 Å². The van der Waals surface area contributed by atoms with E-state index in [-0.39, 0.29) is 29.3 Å². The van der Waals surface area contributed by atoms with Crippen molar-refractivity contribution in [1.29, 1.82) is 0 Å². The van der Waals surface area contributed by atoms with Crippen molar-refractivity contribution >= 4 is 5.97 Å². The lowest BCUT2D eigenvalue weighted by atomic mass is 9.62. The molecule has 0 saturated carbocycles. The van der Waals surface area contributed by atoms with Crippen LogP contribution >= 0.6 is 0 Å². The maximum absolute atomic E-state index is 11.7. The van der Waals surface area contributed by atoms with Crippen molar-refractivity contribution in [3.63, 3.8) is 0 Å². The largest absolute Gasteiger partial charge is 0.465 e. The summed E-state index contributed by atoms with van der Waals surface area (Å²) < 4.78 is 4.78. The van der Waals surface area contributed by atoms with Crippen LogP contribution in [0.25, 0.3) is 0 Å². The van der Waals surface area contributed by atoms with Gasteiger partial charge in [-0.25, -0.2) is 4.79 Å². The molecule has 2 aromatic rings. The molecule has 1 aliphatic rings. The van der Waals surface area contributed by atoms with E-state index in [0.717, 1.165) is 17.5 Å². The molecule has 0 saturated heterocycles. The van der Waals surface area contributed by atoms with Gasteiger partial charge < -0.3 is 9.84 Å². The van der Waals surface area contributed by atoms with Gasteiger partial charge in [0.15, 0.2) is 0 Å². The monoisotopic (exact) mass is 380 g/mol. The highest BCUT2D eigenvalue weighted by molar-refractivity contribution is 5.89. The van der Waals surface area contributed by atoms with Crippen molar-refractivity contribution in [1.82, 2.24) is 0 Å². The zero-order valence-corrected chi connectivity index (χ0v) is 17.9. The van der Waals surface area contributed by atoms with Crippen LogP contribution in [0, 0.1) is 6.92 Å². The highest BCUT2D eigenvalue weighted by atomic mass is 16.5. The second kappa shape index (κ2) is 7.36. The first-order valence-corrected chi connectivity index (χ1v) is 10.1. The molecule has 3 heteroatoms. The van der Waals surface area contributed by atoms with E-state index in [4.69, 9.17) is 4.74 Å². The standard InChI is InChI=1S/C25H32O3/c1-16-13-21-22(25(4,5)12-11-24(21,2)3)14-19(16)20(15-26)17-7-9-18(10-8-17)23(27)28-6/h7-10,13-14,20,26H,11-12,15H2,1-6H3. The van der Waals surface area contributed by atoms with Crippen LogP contribution in [-0.2, 0) is 15.6 Å². The number of rotatable bonds is 4. The number of aliphatic hydroxyl groups excluding tert-OH is 1. The third-order valence-corrected chi connectivity index (χ3v) is 6.53. The van der Waals surface area contributed by atoms with E-state index >= 15 is 0 Å². The van der Waals surface area contributed by atoms with Gasteiger partial charge >= 0.3 is 5.97 Å². The number of ether oxygens (including phenoxy) is 1. The van der Waals surface area contributed by atoms with E-state index < -0.39 is 0 Å². The van der Waals surface area contributed by atoms with Crippen LogP contribution in [0.5, 0.6) is 0 Å². The molecule has 3 rings (SSSR count). The second-order valence-electron chi connectivity index (χ2n) is 9.37. The third-order valence-electron chi connectivity index (χ3n) is 6.53. The van der Waals surface area contributed by atoms with Crippen LogP contribution in [0.3, 0.4) is 0 Å². The van der Waals surface area contributed by atoms with Gasteiger partial charge in [0.05, 0.1) is 19.3 Å². The Morgan fingerprint density at radius 3 is 2.07 bits per heavy atom. The van der Waals surface area contributed by atoms with Gasteiger partial charge in [0, 0.05) is 5.92 Å². The molecule has 28 heavy (non-hydrogen) atoms. The number of fused-ring (bicyclic) bond motifs is 1. The van der Waals surface area contributed by atoms with E-state index in [2.05, 4.69) is 46.8 Å². The highest BCUT2D eigenvalue weighted by Gasteiger charge is 2.37. The fourth-order valence-electron chi connectivity index (χ4n) is 4.47. The molecule has 0 aliphatic heterocycles. The van der Waals surface area contributed by atoms with Crippen molar-refractivity contribution in [2.24, 2.45) is 0 Å². The number of esters is 1. The molecule has 0 fully saturated rings. The summed E-state index contributed by atoms with van der Waals surface area (Å²) in [6, 6.07) is 12.0. The van der Waals surface area contributed by atoms with Crippen LogP contribution in [0.4, 0.5) is 0 Å². The SMILES string of the molecule is COC(=O)c1ccc(C(CO)c2cc3c(cc2C)C(C)(C)CCC3(C)C)cc1. The number of aryl methyl sites for hydroxylation is 1. The summed E-state index contributed by atoms with van der Waals surface area (Å²) in [6.07, 6.45) is 2.34. The van der Waals surface area contributed by atoms with E-state index in [1.165, 1.54) is 30.2 Å². The van der Waals surface area contributed by atoms with Gasteiger partial charge in [0.25, 0.3) is 0 Å². The minimum Gasteiger partial charge on any atom is -0.465 e. The molecule has 1 aliphatic carbocycles. The molecule has 2 aromatic carbocycles. The summed E-state index contributed by atoms with van der Waals surface area (Å²) in [5.74, 6) is -0.459. The molecular weight excluding hydrogens is 348 g/mol. The predicted molar refractivity (Wildman–Crippen MR) is 113 cm³/mol. The Morgan fingerprint density at radius 1 is 1.04 bits per heavy atom. The van der Waals surface area contributed by atoms with Crippen molar-refractivity contribution < 1.29 is 14.6 Å². The number of hydrogen-bond acceptors (Lipinski definition) is 3. The molecule has 0 amide bonds. The number of benzene rings is 2.